The molecule has 1 heterocycles. The fourth-order valence-corrected chi connectivity index (χ4v) is 4.75. The summed E-state index contributed by atoms with van der Waals surface area (Å²) >= 11 is 6.29. The molecule has 41 heavy (non-hydrogen) atoms. The zero-order chi connectivity index (χ0) is 28.9. The molecule has 2 N–H and O–H groups in total. The Balaban J connectivity index is 1.42. The van der Waals surface area contributed by atoms with Crippen molar-refractivity contribution >= 4 is 46.0 Å². The number of amides is 1. The number of hydrogen-bond acceptors (Lipinski definition) is 3. The molecular formula is C33H23ClFN3O3. The Kier molecular flexibility index (Phi) is 7.95. The van der Waals surface area contributed by atoms with Crippen LogP contribution in [-0.2, 0) is 13.1 Å². The van der Waals surface area contributed by atoms with Crippen LogP contribution in [0.5, 0.6) is 0 Å². The molecule has 1 amide bonds. The summed E-state index contributed by atoms with van der Waals surface area (Å²) in [5.74, 6) is -1.70. The highest BCUT2D eigenvalue weighted by Crippen LogP contribution is 2.29. The minimum absolute atomic E-state index is 0.142. The van der Waals surface area contributed by atoms with Crippen molar-refractivity contribution in [3.8, 4) is 6.07 Å². The molecule has 8 heteroatoms. The van der Waals surface area contributed by atoms with Gasteiger partial charge in [0.05, 0.1) is 22.7 Å². The summed E-state index contributed by atoms with van der Waals surface area (Å²) in [6.45, 7) is 0.638. The Labute approximate surface area is 240 Å². The SMILES string of the molecule is N#C/C(=C\c1cn(Cc2ccc(F)cc2)c2cc(Cl)ccc12)c1cccc(C(=O)NCc2cccc(C(=O)O)c2)c1. The highest BCUT2D eigenvalue weighted by molar-refractivity contribution is 6.31. The van der Waals surface area contributed by atoms with Gasteiger partial charge in [-0.3, -0.25) is 4.79 Å². The van der Waals surface area contributed by atoms with Crippen LogP contribution < -0.4 is 5.32 Å². The first-order valence-electron chi connectivity index (χ1n) is 12.7. The highest BCUT2D eigenvalue weighted by atomic mass is 35.5. The van der Waals surface area contributed by atoms with Crippen LogP contribution in [0.3, 0.4) is 0 Å². The van der Waals surface area contributed by atoms with Crippen LogP contribution in [0.4, 0.5) is 4.39 Å². The van der Waals surface area contributed by atoms with Gasteiger partial charge >= 0.3 is 5.97 Å². The van der Waals surface area contributed by atoms with Crippen molar-refractivity contribution in [3.05, 3.63) is 141 Å². The maximum absolute atomic E-state index is 13.4. The Morgan fingerprint density at radius 1 is 0.927 bits per heavy atom. The van der Waals surface area contributed by atoms with Crippen LogP contribution in [0, 0.1) is 17.1 Å². The fraction of sp³-hybridized carbons (Fsp3) is 0.0606. The molecule has 6 nitrogen and oxygen atoms in total. The monoisotopic (exact) mass is 563 g/mol. The maximum atomic E-state index is 13.4. The first-order chi connectivity index (χ1) is 19.8. The van der Waals surface area contributed by atoms with Crippen molar-refractivity contribution < 1.29 is 19.1 Å². The molecule has 0 fully saturated rings. The topological polar surface area (TPSA) is 95.1 Å². The van der Waals surface area contributed by atoms with Crippen LogP contribution >= 0.6 is 11.6 Å². The van der Waals surface area contributed by atoms with E-state index in [0.29, 0.717) is 33.8 Å². The van der Waals surface area contributed by atoms with Gasteiger partial charge in [0.2, 0.25) is 0 Å². The zero-order valence-corrected chi connectivity index (χ0v) is 22.4. The summed E-state index contributed by atoms with van der Waals surface area (Å²) < 4.78 is 15.4. The first kappa shape index (κ1) is 27.4. The first-order valence-corrected chi connectivity index (χ1v) is 13.0. The van der Waals surface area contributed by atoms with E-state index in [1.54, 1.807) is 60.7 Å². The third kappa shape index (κ3) is 6.35. The summed E-state index contributed by atoms with van der Waals surface area (Å²) in [6.07, 6.45) is 3.69. The Hall–Kier alpha value is -5.19. The number of benzene rings is 4. The van der Waals surface area contributed by atoms with Gasteiger partial charge in [-0.05, 0) is 71.3 Å². The second-order valence-corrected chi connectivity index (χ2v) is 9.88. The van der Waals surface area contributed by atoms with E-state index in [0.717, 1.165) is 22.0 Å². The average molecular weight is 564 g/mol. The highest BCUT2D eigenvalue weighted by Gasteiger charge is 2.13. The number of aromatic carboxylic acids is 1. The molecule has 0 aliphatic heterocycles. The maximum Gasteiger partial charge on any atom is 0.335 e. The zero-order valence-electron chi connectivity index (χ0n) is 21.6. The van der Waals surface area contributed by atoms with Gasteiger partial charge in [-0.25, -0.2) is 9.18 Å². The summed E-state index contributed by atoms with van der Waals surface area (Å²) in [4.78, 5) is 24.1. The van der Waals surface area contributed by atoms with E-state index in [4.69, 9.17) is 11.6 Å². The number of rotatable bonds is 8. The molecular weight excluding hydrogens is 541 g/mol. The molecule has 0 aliphatic carbocycles. The van der Waals surface area contributed by atoms with E-state index >= 15 is 0 Å². The van der Waals surface area contributed by atoms with Crippen molar-refractivity contribution in [3.63, 3.8) is 0 Å². The number of allylic oxidation sites excluding steroid dienone is 1. The number of nitrogens with one attached hydrogen (secondary N) is 1. The molecule has 0 saturated carbocycles. The second kappa shape index (κ2) is 11.9. The molecule has 4 aromatic carbocycles. The van der Waals surface area contributed by atoms with E-state index in [2.05, 4.69) is 11.4 Å². The molecule has 0 unspecified atom stereocenters. The number of carbonyl (C=O) groups excluding carboxylic acids is 1. The van der Waals surface area contributed by atoms with Gasteiger partial charge in [-0.1, -0.05) is 54.1 Å². The molecule has 0 bridgehead atoms. The van der Waals surface area contributed by atoms with E-state index in [1.165, 1.54) is 24.3 Å². The van der Waals surface area contributed by atoms with Gasteiger partial charge in [0, 0.05) is 40.8 Å². The standard InChI is InChI=1S/C33H23ClFN3O3/c34-28-9-12-30-27(20-38(31(30)16-28)19-21-7-10-29(35)11-8-21)15-26(17-36)23-4-2-5-24(14-23)32(39)37-18-22-3-1-6-25(13-22)33(40)41/h1-16,20H,18-19H2,(H,37,39)(H,40,41)/b26-15+. The smallest absolute Gasteiger partial charge is 0.335 e. The van der Waals surface area contributed by atoms with Crippen LogP contribution in [0.25, 0.3) is 22.6 Å². The minimum atomic E-state index is -1.04. The number of carboxylic acid groups (broad SMARTS) is 1. The Morgan fingerprint density at radius 3 is 2.41 bits per heavy atom. The number of nitriles is 1. The van der Waals surface area contributed by atoms with E-state index in [1.807, 2.05) is 22.9 Å². The van der Waals surface area contributed by atoms with Gasteiger partial charge in [0.15, 0.2) is 0 Å². The summed E-state index contributed by atoms with van der Waals surface area (Å²) in [5, 5.41) is 23.5. The van der Waals surface area contributed by atoms with Gasteiger partial charge in [0.25, 0.3) is 5.91 Å². The number of nitrogens with zero attached hydrogens (tertiary/aromatic N) is 2. The van der Waals surface area contributed by atoms with Crippen molar-refractivity contribution in [2.75, 3.05) is 0 Å². The predicted molar refractivity (Wildman–Crippen MR) is 157 cm³/mol. The third-order valence-corrected chi connectivity index (χ3v) is 6.86. The number of aromatic nitrogens is 1. The van der Waals surface area contributed by atoms with Crippen molar-refractivity contribution in [2.45, 2.75) is 13.1 Å². The molecule has 0 spiro atoms. The fourth-order valence-electron chi connectivity index (χ4n) is 4.59. The normalized spacial score (nSPS) is 11.3. The quantitative estimate of drug-likeness (QED) is 0.196. The second-order valence-electron chi connectivity index (χ2n) is 9.44. The summed E-state index contributed by atoms with van der Waals surface area (Å²) in [6, 6.07) is 27.2. The third-order valence-electron chi connectivity index (χ3n) is 6.62. The molecule has 0 saturated heterocycles. The lowest BCUT2D eigenvalue weighted by molar-refractivity contribution is 0.0696. The summed E-state index contributed by atoms with van der Waals surface area (Å²) in [5.41, 5.74) is 4.67. The number of hydrogen-bond donors (Lipinski definition) is 2. The Morgan fingerprint density at radius 2 is 1.66 bits per heavy atom. The number of carboxylic acids is 1. The molecule has 0 atom stereocenters. The molecule has 5 aromatic rings. The Bertz CT molecular complexity index is 1850. The molecule has 202 valence electrons. The predicted octanol–water partition coefficient (Wildman–Crippen LogP) is 7.17. The van der Waals surface area contributed by atoms with Crippen LogP contribution in [0.2, 0.25) is 5.02 Å². The lowest BCUT2D eigenvalue weighted by Gasteiger charge is -2.08. The van der Waals surface area contributed by atoms with Crippen molar-refractivity contribution in [1.29, 1.82) is 5.26 Å². The molecule has 0 radical (unpaired) electrons. The van der Waals surface area contributed by atoms with Crippen LogP contribution in [-0.4, -0.2) is 21.6 Å². The number of fused-ring (bicyclic) bond motifs is 1. The van der Waals surface area contributed by atoms with Gasteiger partial charge < -0.3 is 15.0 Å². The van der Waals surface area contributed by atoms with Gasteiger partial charge in [-0.15, -0.1) is 0 Å². The van der Waals surface area contributed by atoms with Gasteiger partial charge in [-0.2, -0.15) is 5.26 Å². The minimum Gasteiger partial charge on any atom is -0.478 e. The largest absolute Gasteiger partial charge is 0.478 e. The van der Waals surface area contributed by atoms with Crippen molar-refractivity contribution in [2.24, 2.45) is 0 Å². The van der Waals surface area contributed by atoms with Crippen LogP contribution in [0.15, 0.2) is 97.2 Å². The van der Waals surface area contributed by atoms with Crippen LogP contribution in [0.1, 0.15) is 43.0 Å². The van der Waals surface area contributed by atoms with E-state index < -0.39 is 5.97 Å². The molecule has 0 aliphatic rings. The lowest BCUT2D eigenvalue weighted by atomic mass is 10.0. The summed E-state index contributed by atoms with van der Waals surface area (Å²) in [7, 11) is 0. The number of halogens is 2. The van der Waals surface area contributed by atoms with E-state index in [-0.39, 0.29) is 23.8 Å². The average Bonchev–Trinajstić information content (AvgIpc) is 3.31. The molecule has 1 aromatic heterocycles. The van der Waals surface area contributed by atoms with Gasteiger partial charge in [0.1, 0.15) is 5.82 Å². The molecule has 5 rings (SSSR count). The van der Waals surface area contributed by atoms with Crippen molar-refractivity contribution in [1.82, 2.24) is 9.88 Å². The van der Waals surface area contributed by atoms with E-state index in [9.17, 15) is 24.3 Å². The lowest BCUT2D eigenvalue weighted by Crippen LogP contribution is -2.23. The number of carbonyl (C=O) groups is 2.